The highest BCUT2D eigenvalue weighted by atomic mass is 79.9. The number of benzene rings is 1. The number of halogens is 1. The second-order valence-corrected chi connectivity index (χ2v) is 7.32. The number of rotatable bonds is 5. The van der Waals surface area contributed by atoms with E-state index in [9.17, 15) is 0 Å². The molecule has 108 valence electrons. The van der Waals surface area contributed by atoms with Crippen LogP contribution < -0.4 is 5.32 Å². The molecule has 4 rings (SSSR count). The SMILES string of the molecule is Brc1ccsc1Cn1nc(CNC2CC2)c2ccccc21. The first-order chi connectivity index (χ1) is 10.3. The average Bonchev–Trinajstić information content (AvgIpc) is 3.16. The molecule has 2 heterocycles. The number of hydrogen-bond donors (Lipinski definition) is 1. The molecule has 1 N–H and O–H groups in total. The molecule has 0 radical (unpaired) electrons. The molecule has 1 aliphatic rings. The Morgan fingerprint density at radius 2 is 2.14 bits per heavy atom. The lowest BCUT2D eigenvalue weighted by Gasteiger charge is -2.02. The van der Waals surface area contributed by atoms with Crippen molar-refractivity contribution in [3.63, 3.8) is 0 Å². The van der Waals surface area contributed by atoms with Crippen LogP contribution in [0.4, 0.5) is 0 Å². The number of thiophene rings is 1. The Morgan fingerprint density at radius 1 is 1.29 bits per heavy atom. The highest BCUT2D eigenvalue weighted by molar-refractivity contribution is 9.10. The van der Waals surface area contributed by atoms with Crippen LogP contribution >= 0.6 is 27.3 Å². The topological polar surface area (TPSA) is 29.9 Å². The van der Waals surface area contributed by atoms with Gasteiger partial charge in [0.15, 0.2) is 0 Å². The van der Waals surface area contributed by atoms with Crippen molar-refractivity contribution < 1.29 is 0 Å². The molecule has 3 nitrogen and oxygen atoms in total. The lowest BCUT2D eigenvalue weighted by atomic mass is 10.2. The van der Waals surface area contributed by atoms with Crippen molar-refractivity contribution in [2.75, 3.05) is 0 Å². The van der Waals surface area contributed by atoms with Crippen molar-refractivity contribution in [1.82, 2.24) is 15.1 Å². The van der Waals surface area contributed by atoms with E-state index in [0.717, 1.165) is 18.8 Å². The van der Waals surface area contributed by atoms with E-state index in [1.54, 1.807) is 11.3 Å². The molecule has 2 aromatic heterocycles. The van der Waals surface area contributed by atoms with Crippen LogP contribution in [0.5, 0.6) is 0 Å². The molecule has 0 atom stereocenters. The van der Waals surface area contributed by atoms with E-state index in [1.807, 2.05) is 0 Å². The molecule has 0 spiro atoms. The zero-order chi connectivity index (χ0) is 14.2. The van der Waals surface area contributed by atoms with E-state index in [0.29, 0.717) is 6.04 Å². The molecule has 0 bridgehead atoms. The molecule has 0 saturated heterocycles. The summed E-state index contributed by atoms with van der Waals surface area (Å²) >= 11 is 5.38. The molecule has 21 heavy (non-hydrogen) atoms. The Hall–Kier alpha value is -1.17. The summed E-state index contributed by atoms with van der Waals surface area (Å²) in [5, 5.41) is 11.8. The van der Waals surface area contributed by atoms with Gasteiger partial charge in [0.05, 0.1) is 17.8 Å². The van der Waals surface area contributed by atoms with Crippen LogP contribution in [-0.4, -0.2) is 15.8 Å². The Bertz CT molecular complexity index is 773. The van der Waals surface area contributed by atoms with Crippen LogP contribution in [0, 0.1) is 0 Å². The zero-order valence-electron chi connectivity index (χ0n) is 11.6. The minimum atomic E-state index is 0.709. The van der Waals surface area contributed by atoms with Gasteiger partial charge in [0, 0.05) is 27.3 Å². The van der Waals surface area contributed by atoms with Gasteiger partial charge in [0.25, 0.3) is 0 Å². The van der Waals surface area contributed by atoms with Gasteiger partial charge in [-0.05, 0) is 46.3 Å². The first-order valence-corrected chi connectivity index (χ1v) is 8.88. The van der Waals surface area contributed by atoms with E-state index in [4.69, 9.17) is 5.10 Å². The molecular formula is C16H16BrN3S. The summed E-state index contributed by atoms with van der Waals surface area (Å²) < 4.78 is 3.29. The van der Waals surface area contributed by atoms with Crippen molar-refractivity contribution >= 4 is 38.2 Å². The number of nitrogens with one attached hydrogen (secondary N) is 1. The largest absolute Gasteiger partial charge is 0.308 e. The van der Waals surface area contributed by atoms with E-state index in [1.165, 1.54) is 33.1 Å². The summed E-state index contributed by atoms with van der Waals surface area (Å²) in [5.74, 6) is 0. The van der Waals surface area contributed by atoms with Crippen LogP contribution in [0.1, 0.15) is 23.4 Å². The molecule has 0 amide bonds. The van der Waals surface area contributed by atoms with Gasteiger partial charge in [0.1, 0.15) is 0 Å². The third-order valence-electron chi connectivity index (χ3n) is 3.85. The Labute approximate surface area is 136 Å². The second kappa shape index (κ2) is 5.55. The average molecular weight is 362 g/mol. The van der Waals surface area contributed by atoms with Gasteiger partial charge >= 0.3 is 0 Å². The van der Waals surface area contributed by atoms with Crippen molar-refractivity contribution in [3.05, 3.63) is 50.8 Å². The van der Waals surface area contributed by atoms with Crippen molar-refractivity contribution in [3.8, 4) is 0 Å². The van der Waals surface area contributed by atoms with Gasteiger partial charge in [-0.2, -0.15) is 5.10 Å². The molecule has 0 aliphatic heterocycles. The van der Waals surface area contributed by atoms with Crippen LogP contribution in [0.25, 0.3) is 10.9 Å². The first kappa shape index (κ1) is 13.5. The van der Waals surface area contributed by atoms with Crippen LogP contribution in [0.15, 0.2) is 40.2 Å². The maximum atomic E-state index is 4.85. The quantitative estimate of drug-likeness (QED) is 0.739. The van der Waals surface area contributed by atoms with Crippen LogP contribution in [0.3, 0.4) is 0 Å². The third kappa shape index (κ3) is 2.78. The number of aromatic nitrogens is 2. The molecule has 5 heteroatoms. The normalized spacial score (nSPS) is 14.9. The van der Waals surface area contributed by atoms with Gasteiger partial charge in [-0.1, -0.05) is 18.2 Å². The third-order valence-corrected chi connectivity index (χ3v) is 5.77. The van der Waals surface area contributed by atoms with Gasteiger partial charge in [-0.3, -0.25) is 4.68 Å². The Kier molecular flexibility index (Phi) is 3.57. The summed E-state index contributed by atoms with van der Waals surface area (Å²) in [7, 11) is 0. The van der Waals surface area contributed by atoms with Gasteiger partial charge in [0.2, 0.25) is 0 Å². The van der Waals surface area contributed by atoms with E-state index in [2.05, 4.69) is 61.6 Å². The van der Waals surface area contributed by atoms with E-state index in [-0.39, 0.29) is 0 Å². The molecule has 1 aliphatic carbocycles. The fourth-order valence-corrected chi connectivity index (χ4v) is 4.01. The predicted molar refractivity (Wildman–Crippen MR) is 90.7 cm³/mol. The standard InChI is InChI=1S/C16H16BrN3S/c17-13-7-8-21-16(13)10-20-15-4-2-1-3-12(15)14(19-20)9-18-11-5-6-11/h1-4,7-8,11,18H,5-6,9-10H2. The lowest BCUT2D eigenvalue weighted by Crippen LogP contribution is -2.16. The number of para-hydroxylation sites is 1. The predicted octanol–water partition coefficient (Wildman–Crippen LogP) is 4.16. The van der Waals surface area contributed by atoms with Crippen LogP contribution in [-0.2, 0) is 13.1 Å². The minimum Gasteiger partial charge on any atom is -0.308 e. The highest BCUT2D eigenvalue weighted by Crippen LogP contribution is 2.26. The minimum absolute atomic E-state index is 0.709. The monoisotopic (exact) mass is 361 g/mol. The van der Waals surface area contributed by atoms with Crippen LogP contribution in [0.2, 0.25) is 0 Å². The number of nitrogens with zero attached hydrogens (tertiary/aromatic N) is 2. The first-order valence-electron chi connectivity index (χ1n) is 7.21. The molecule has 1 aromatic carbocycles. The smallest absolute Gasteiger partial charge is 0.0841 e. The van der Waals surface area contributed by atoms with E-state index < -0.39 is 0 Å². The van der Waals surface area contributed by atoms with Crippen molar-refractivity contribution in [2.45, 2.75) is 32.0 Å². The maximum Gasteiger partial charge on any atom is 0.0841 e. The molecular weight excluding hydrogens is 346 g/mol. The summed E-state index contributed by atoms with van der Waals surface area (Å²) in [6, 6.07) is 11.3. The second-order valence-electron chi connectivity index (χ2n) is 5.47. The molecule has 0 unspecified atom stereocenters. The summed E-state index contributed by atoms with van der Waals surface area (Å²) in [6.45, 7) is 1.69. The van der Waals surface area contributed by atoms with Crippen molar-refractivity contribution in [2.24, 2.45) is 0 Å². The lowest BCUT2D eigenvalue weighted by molar-refractivity contribution is 0.642. The Balaban J connectivity index is 1.68. The summed E-state index contributed by atoms with van der Waals surface area (Å²) in [4.78, 5) is 1.31. The van der Waals surface area contributed by atoms with Gasteiger partial charge < -0.3 is 5.32 Å². The zero-order valence-corrected chi connectivity index (χ0v) is 14.0. The summed E-state index contributed by atoms with van der Waals surface area (Å²) in [5.41, 5.74) is 2.37. The fraction of sp³-hybridized carbons (Fsp3) is 0.312. The summed E-state index contributed by atoms with van der Waals surface area (Å²) in [6.07, 6.45) is 2.61. The Morgan fingerprint density at radius 3 is 2.90 bits per heavy atom. The van der Waals surface area contributed by atoms with Gasteiger partial charge in [-0.25, -0.2) is 0 Å². The fourth-order valence-electron chi connectivity index (χ4n) is 2.55. The van der Waals surface area contributed by atoms with E-state index >= 15 is 0 Å². The van der Waals surface area contributed by atoms with Crippen molar-refractivity contribution in [1.29, 1.82) is 0 Å². The number of fused-ring (bicyclic) bond motifs is 1. The molecule has 1 fully saturated rings. The highest BCUT2D eigenvalue weighted by Gasteiger charge is 2.21. The maximum absolute atomic E-state index is 4.85. The number of hydrogen-bond acceptors (Lipinski definition) is 3. The molecule has 3 aromatic rings. The van der Waals surface area contributed by atoms with Gasteiger partial charge in [-0.15, -0.1) is 11.3 Å². The molecule has 1 saturated carbocycles.